The Labute approximate surface area is 90.0 Å². The Kier molecular flexibility index (Phi) is 3.77. The molecule has 0 radical (unpaired) electrons. The van der Waals surface area contributed by atoms with Crippen molar-refractivity contribution in [3.05, 3.63) is 0 Å². The summed E-state index contributed by atoms with van der Waals surface area (Å²) in [5.41, 5.74) is 0. The van der Waals surface area contributed by atoms with Gasteiger partial charge < -0.3 is 10.0 Å². The van der Waals surface area contributed by atoms with E-state index in [0.29, 0.717) is 11.3 Å². The van der Waals surface area contributed by atoms with E-state index in [4.69, 9.17) is 5.11 Å². The molecule has 0 bridgehead atoms. The number of rotatable bonds is 3. The number of hydrogen-bond donors (Lipinski definition) is 1. The first-order valence-corrected chi connectivity index (χ1v) is 4.90. The Morgan fingerprint density at radius 1 is 1.56 bits per heavy atom. The second-order valence-corrected chi connectivity index (χ2v) is 3.94. The van der Waals surface area contributed by atoms with E-state index in [-0.39, 0.29) is 12.5 Å². The molecule has 1 saturated heterocycles. The van der Waals surface area contributed by atoms with Crippen molar-refractivity contribution < 1.29 is 27.5 Å². The largest absolute Gasteiger partial charge is 0.394 e. The molecule has 1 amide bonds. The van der Waals surface area contributed by atoms with E-state index >= 15 is 0 Å². The lowest BCUT2D eigenvalue weighted by Gasteiger charge is -2.28. The summed E-state index contributed by atoms with van der Waals surface area (Å²) in [7, 11) is 0. The van der Waals surface area contributed by atoms with E-state index in [1.807, 2.05) is 0 Å². The number of carbonyl (C=O) groups is 1. The van der Waals surface area contributed by atoms with Crippen molar-refractivity contribution in [1.29, 1.82) is 0 Å². The van der Waals surface area contributed by atoms with Crippen molar-refractivity contribution in [3.63, 3.8) is 0 Å². The monoisotopic (exact) mass is 243 g/mol. The molecule has 1 N–H and O–H groups in total. The SMILES string of the molecule is CC1CCN(C(=O)C(F)(F)C(F)F)C1CO. The molecule has 1 heterocycles. The van der Waals surface area contributed by atoms with Crippen LogP contribution in [-0.4, -0.2) is 47.5 Å². The minimum absolute atomic E-state index is 0.0203. The van der Waals surface area contributed by atoms with Crippen LogP contribution in [0.25, 0.3) is 0 Å². The molecule has 1 aliphatic heterocycles. The predicted octanol–water partition coefficient (Wildman–Crippen LogP) is 1.12. The molecule has 2 unspecified atom stereocenters. The van der Waals surface area contributed by atoms with Crippen molar-refractivity contribution in [2.45, 2.75) is 31.7 Å². The number of aliphatic hydroxyl groups excluding tert-OH is 1. The zero-order valence-electron chi connectivity index (χ0n) is 8.67. The molecule has 2 atom stereocenters. The number of halogens is 4. The van der Waals surface area contributed by atoms with Crippen LogP contribution in [0.15, 0.2) is 0 Å². The van der Waals surface area contributed by atoms with Crippen molar-refractivity contribution in [3.8, 4) is 0 Å². The Hall–Kier alpha value is -0.850. The molecular formula is C9H13F4NO2. The lowest BCUT2D eigenvalue weighted by atomic mass is 10.0. The number of aliphatic hydroxyl groups is 1. The van der Waals surface area contributed by atoms with Crippen molar-refractivity contribution in [1.82, 2.24) is 4.90 Å². The van der Waals surface area contributed by atoms with Crippen molar-refractivity contribution in [2.24, 2.45) is 5.92 Å². The van der Waals surface area contributed by atoms with Crippen LogP contribution in [0.5, 0.6) is 0 Å². The van der Waals surface area contributed by atoms with Gasteiger partial charge in [0.15, 0.2) is 0 Å². The van der Waals surface area contributed by atoms with Crippen LogP contribution >= 0.6 is 0 Å². The topological polar surface area (TPSA) is 40.5 Å². The zero-order chi connectivity index (χ0) is 12.5. The molecule has 3 nitrogen and oxygen atoms in total. The molecule has 0 aliphatic carbocycles. The Morgan fingerprint density at radius 3 is 2.56 bits per heavy atom. The van der Waals surface area contributed by atoms with Gasteiger partial charge >= 0.3 is 12.3 Å². The fraction of sp³-hybridized carbons (Fsp3) is 0.889. The van der Waals surface area contributed by atoms with Gasteiger partial charge in [0.2, 0.25) is 0 Å². The van der Waals surface area contributed by atoms with Gasteiger partial charge in [-0.2, -0.15) is 8.78 Å². The molecule has 0 saturated carbocycles. The molecule has 0 aromatic rings. The van der Waals surface area contributed by atoms with Gasteiger partial charge in [-0.3, -0.25) is 4.79 Å². The van der Waals surface area contributed by atoms with Crippen LogP contribution in [0.1, 0.15) is 13.3 Å². The van der Waals surface area contributed by atoms with E-state index in [0.717, 1.165) is 0 Å². The van der Waals surface area contributed by atoms with Gasteiger partial charge in [-0.25, -0.2) is 8.78 Å². The molecule has 0 aromatic carbocycles. The summed E-state index contributed by atoms with van der Waals surface area (Å²) in [6, 6.07) is -0.794. The van der Waals surface area contributed by atoms with Crippen LogP contribution < -0.4 is 0 Å². The third kappa shape index (κ3) is 2.14. The quantitative estimate of drug-likeness (QED) is 0.754. The summed E-state index contributed by atoms with van der Waals surface area (Å²) in [6.45, 7) is 1.16. The molecular weight excluding hydrogens is 230 g/mol. The van der Waals surface area contributed by atoms with Crippen molar-refractivity contribution >= 4 is 5.91 Å². The maximum Gasteiger partial charge on any atom is 0.383 e. The maximum atomic E-state index is 12.8. The number of likely N-dealkylation sites (tertiary alicyclic amines) is 1. The molecule has 16 heavy (non-hydrogen) atoms. The molecule has 1 rings (SSSR count). The summed E-state index contributed by atoms with van der Waals surface area (Å²) in [5.74, 6) is -6.73. The molecule has 7 heteroatoms. The number of hydrogen-bond acceptors (Lipinski definition) is 2. The highest BCUT2D eigenvalue weighted by molar-refractivity contribution is 5.84. The van der Waals surface area contributed by atoms with Crippen LogP contribution in [0, 0.1) is 5.92 Å². The highest BCUT2D eigenvalue weighted by atomic mass is 19.3. The Morgan fingerprint density at radius 2 is 2.12 bits per heavy atom. The summed E-state index contributed by atoms with van der Waals surface area (Å²) in [4.78, 5) is 11.9. The number of carbonyl (C=O) groups excluding carboxylic acids is 1. The third-order valence-electron chi connectivity index (χ3n) is 2.89. The fourth-order valence-electron chi connectivity index (χ4n) is 1.82. The lowest BCUT2D eigenvalue weighted by molar-refractivity contribution is -0.182. The predicted molar refractivity (Wildman–Crippen MR) is 47.3 cm³/mol. The van der Waals surface area contributed by atoms with Gasteiger partial charge in [0.05, 0.1) is 12.6 Å². The van der Waals surface area contributed by atoms with Gasteiger partial charge in [-0.05, 0) is 12.3 Å². The number of nitrogens with zero attached hydrogens (tertiary/aromatic N) is 1. The molecule has 1 aliphatic rings. The molecule has 1 fully saturated rings. The molecule has 0 aromatic heterocycles. The van der Waals surface area contributed by atoms with Gasteiger partial charge in [-0.1, -0.05) is 6.92 Å². The normalized spacial score (nSPS) is 26.6. The highest BCUT2D eigenvalue weighted by Gasteiger charge is 2.53. The van der Waals surface area contributed by atoms with E-state index in [1.54, 1.807) is 6.92 Å². The first-order valence-electron chi connectivity index (χ1n) is 4.90. The van der Waals surface area contributed by atoms with E-state index in [1.165, 1.54) is 0 Å². The third-order valence-corrected chi connectivity index (χ3v) is 2.89. The average Bonchev–Trinajstić information content (AvgIpc) is 2.57. The van der Waals surface area contributed by atoms with Gasteiger partial charge in [0.25, 0.3) is 5.91 Å². The van der Waals surface area contributed by atoms with Gasteiger partial charge in [-0.15, -0.1) is 0 Å². The Bertz CT molecular complexity index is 272. The Balaban J connectivity index is 2.82. The summed E-state index contributed by atoms with van der Waals surface area (Å²) in [6.07, 6.45) is -3.59. The summed E-state index contributed by atoms with van der Waals surface area (Å²) >= 11 is 0. The molecule has 0 spiro atoms. The minimum atomic E-state index is -4.67. The number of alkyl halides is 4. The second kappa shape index (κ2) is 4.57. The van der Waals surface area contributed by atoms with E-state index in [9.17, 15) is 22.4 Å². The van der Waals surface area contributed by atoms with Gasteiger partial charge in [0.1, 0.15) is 0 Å². The average molecular weight is 243 g/mol. The number of amides is 1. The second-order valence-electron chi connectivity index (χ2n) is 3.94. The van der Waals surface area contributed by atoms with Crippen molar-refractivity contribution in [2.75, 3.05) is 13.2 Å². The van der Waals surface area contributed by atoms with Crippen LogP contribution in [0.2, 0.25) is 0 Å². The minimum Gasteiger partial charge on any atom is -0.394 e. The molecule has 94 valence electrons. The standard InChI is InChI=1S/C9H13F4NO2/c1-5-2-3-14(6(5)4-15)8(16)9(12,13)7(10)11/h5-7,15H,2-4H2,1H3. The highest BCUT2D eigenvalue weighted by Crippen LogP contribution is 2.31. The van der Waals surface area contributed by atoms with Crippen LogP contribution in [-0.2, 0) is 4.79 Å². The lowest BCUT2D eigenvalue weighted by Crippen LogP contribution is -2.51. The van der Waals surface area contributed by atoms with E-state index < -0.39 is 30.9 Å². The first kappa shape index (κ1) is 13.2. The first-order chi connectivity index (χ1) is 7.32. The van der Waals surface area contributed by atoms with Crippen LogP contribution in [0.3, 0.4) is 0 Å². The van der Waals surface area contributed by atoms with E-state index in [2.05, 4.69) is 0 Å². The zero-order valence-corrected chi connectivity index (χ0v) is 8.67. The summed E-state index contributed by atoms with van der Waals surface area (Å²) < 4.78 is 49.6. The fourth-order valence-corrected chi connectivity index (χ4v) is 1.82. The smallest absolute Gasteiger partial charge is 0.383 e. The summed E-state index contributed by atoms with van der Waals surface area (Å²) in [5, 5.41) is 8.93. The van der Waals surface area contributed by atoms with Crippen LogP contribution in [0.4, 0.5) is 17.6 Å². The van der Waals surface area contributed by atoms with Gasteiger partial charge in [0, 0.05) is 6.54 Å². The maximum absolute atomic E-state index is 12.8.